The van der Waals surface area contributed by atoms with Gasteiger partial charge in [-0.05, 0) is 50.3 Å². The minimum Gasteiger partial charge on any atom is -0.458 e. The van der Waals surface area contributed by atoms with Crippen LogP contribution in [0.5, 0.6) is 6.01 Å². The first kappa shape index (κ1) is 25.3. The van der Waals surface area contributed by atoms with Gasteiger partial charge in [0.25, 0.3) is 0 Å². The van der Waals surface area contributed by atoms with Gasteiger partial charge in [-0.1, -0.05) is 42.6 Å². The van der Waals surface area contributed by atoms with E-state index >= 15 is 0 Å². The van der Waals surface area contributed by atoms with Crippen LogP contribution in [-0.4, -0.2) is 31.7 Å². The van der Waals surface area contributed by atoms with Gasteiger partial charge in [0.1, 0.15) is 18.2 Å². The monoisotopic (exact) mass is 509 g/mol. The highest BCUT2D eigenvalue weighted by Crippen LogP contribution is 2.29. The first-order chi connectivity index (χ1) is 17.7. The normalized spacial score (nSPS) is 11.8. The standard InChI is InChI=1S/C26H23F2N5O4.H2/c1-5-10-19(6-2)36-26(27,28)24(34)31-22-14-9-11-18(29-22)15-35-25-30-20-12-7-8-13-21(20)33(25)23-16(3)17(4)32-37-23;/h5-14H,1-2,15H2,3-4H3,(H,29,31,34);1H/b19-10+;. The predicted octanol–water partition coefficient (Wildman–Crippen LogP) is 5.65. The van der Waals surface area contributed by atoms with Gasteiger partial charge >= 0.3 is 18.0 Å². The Labute approximate surface area is 212 Å². The van der Waals surface area contributed by atoms with E-state index in [-0.39, 0.29) is 25.6 Å². The summed E-state index contributed by atoms with van der Waals surface area (Å²) in [5.41, 5.74) is 3.32. The van der Waals surface area contributed by atoms with Crippen LogP contribution in [0.25, 0.3) is 16.9 Å². The average Bonchev–Trinajstić information content (AvgIpc) is 3.41. The Balaban J connectivity index is 0.00000400. The van der Waals surface area contributed by atoms with Gasteiger partial charge < -0.3 is 19.3 Å². The summed E-state index contributed by atoms with van der Waals surface area (Å²) in [6.45, 7) is 10.4. The molecule has 0 aliphatic carbocycles. The highest BCUT2D eigenvalue weighted by atomic mass is 19.3. The third-order valence-electron chi connectivity index (χ3n) is 5.26. The van der Waals surface area contributed by atoms with Crippen LogP contribution in [0, 0.1) is 13.8 Å². The molecule has 1 amide bonds. The number of nitrogens with one attached hydrogen (secondary N) is 1. The van der Waals surface area contributed by atoms with Gasteiger partial charge in [-0.3, -0.25) is 4.79 Å². The Hall–Kier alpha value is -4.80. The van der Waals surface area contributed by atoms with Crippen LogP contribution >= 0.6 is 0 Å². The van der Waals surface area contributed by atoms with E-state index in [1.54, 1.807) is 16.7 Å². The Morgan fingerprint density at radius 1 is 1.19 bits per heavy atom. The van der Waals surface area contributed by atoms with Gasteiger partial charge in [0, 0.05) is 6.99 Å². The summed E-state index contributed by atoms with van der Waals surface area (Å²) in [5.74, 6) is -1.67. The molecule has 192 valence electrons. The molecule has 0 atom stereocenters. The molecule has 37 heavy (non-hydrogen) atoms. The molecular weight excluding hydrogens is 484 g/mol. The van der Waals surface area contributed by atoms with E-state index in [9.17, 15) is 13.6 Å². The maximum absolute atomic E-state index is 14.2. The molecule has 4 rings (SSSR count). The summed E-state index contributed by atoms with van der Waals surface area (Å²) >= 11 is 0. The second kappa shape index (κ2) is 10.4. The maximum atomic E-state index is 14.2. The number of aromatic nitrogens is 4. The number of aryl methyl sites for hydroxylation is 1. The molecule has 0 bridgehead atoms. The smallest absolute Gasteiger partial charge is 0.458 e. The van der Waals surface area contributed by atoms with Crippen LogP contribution < -0.4 is 10.1 Å². The number of carbonyl (C=O) groups is 1. The maximum Gasteiger partial charge on any atom is 0.482 e. The van der Waals surface area contributed by atoms with Crippen molar-refractivity contribution in [3.8, 4) is 11.9 Å². The van der Waals surface area contributed by atoms with E-state index in [2.05, 4.69) is 33.0 Å². The number of rotatable bonds is 10. The van der Waals surface area contributed by atoms with Crippen molar-refractivity contribution in [2.45, 2.75) is 26.6 Å². The quantitative estimate of drug-likeness (QED) is 0.217. The van der Waals surface area contributed by atoms with Crippen LogP contribution in [0.3, 0.4) is 0 Å². The zero-order valence-corrected chi connectivity index (χ0v) is 20.1. The summed E-state index contributed by atoms with van der Waals surface area (Å²) in [6.07, 6.45) is -0.752. The summed E-state index contributed by atoms with van der Waals surface area (Å²) in [6, 6.07) is 12.1. The number of fused-ring (bicyclic) bond motifs is 1. The fourth-order valence-electron chi connectivity index (χ4n) is 3.32. The molecule has 0 radical (unpaired) electrons. The number of hydrogen-bond acceptors (Lipinski definition) is 7. The highest BCUT2D eigenvalue weighted by Gasteiger charge is 2.42. The Morgan fingerprint density at radius 2 is 1.97 bits per heavy atom. The number of benzene rings is 1. The Bertz CT molecular complexity index is 1510. The van der Waals surface area contributed by atoms with E-state index in [0.717, 1.165) is 28.9 Å². The summed E-state index contributed by atoms with van der Waals surface area (Å²) in [5, 5.41) is 6.06. The first-order valence-corrected chi connectivity index (χ1v) is 11.1. The zero-order chi connectivity index (χ0) is 26.6. The molecule has 0 fully saturated rings. The summed E-state index contributed by atoms with van der Waals surface area (Å²) < 4.78 is 46.1. The second-order valence-corrected chi connectivity index (χ2v) is 7.80. The molecule has 0 unspecified atom stereocenters. The lowest BCUT2D eigenvalue weighted by Crippen LogP contribution is -2.37. The largest absolute Gasteiger partial charge is 0.482 e. The molecule has 1 N–H and O–H groups in total. The van der Waals surface area contributed by atoms with Crippen molar-refractivity contribution < 1.29 is 29.0 Å². The van der Waals surface area contributed by atoms with Crippen LogP contribution in [0.15, 0.2) is 84.1 Å². The molecule has 11 heteroatoms. The third kappa shape index (κ3) is 5.40. The summed E-state index contributed by atoms with van der Waals surface area (Å²) in [7, 11) is 0. The Kier molecular flexibility index (Phi) is 7.14. The number of para-hydroxylation sites is 2. The molecule has 0 saturated heterocycles. The molecule has 3 heterocycles. The van der Waals surface area contributed by atoms with Crippen molar-refractivity contribution in [3.05, 3.63) is 96.6 Å². The van der Waals surface area contributed by atoms with Gasteiger partial charge in [0.15, 0.2) is 0 Å². The number of carbonyl (C=O) groups excluding carboxylic acids is 1. The third-order valence-corrected chi connectivity index (χ3v) is 5.26. The topological polar surface area (TPSA) is 104 Å². The SMILES string of the molecule is C=C/C=C(\C=C)OC(F)(F)C(=O)Nc1cccc(COc2nc3ccccc3n2-c2onc(C)c2C)n1.[HH]. The molecule has 9 nitrogen and oxygen atoms in total. The number of hydrogen-bond donors (Lipinski definition) is 1. The summed E-state index contributed by atoms with van der Waals surface area (Å²) in [4.78, 5) is 20.9. The lowest BCUT2D eigenvalue weighted by atomic mass is 10.2. The zero-order valence-electron chi connectivity index (χ0n) is 20.1. The van der Waals surface area contributed by atoms with Gasteiger partial charge in [0.05, 0.1) is 22.4 Å². The van der Waals surface area contributed by atoms with E-state index in [1.807, 2.05) is 43.4 Å². The first-order valence-electron chi connectivity index (χ1n) is 11.1. The number of pyridine rings is 1. The molecule has 0 aliphatic rings. The average molecular weight is 510 g/mol. The van der Waals surface area contributed by atoms with Crippen molar-refractivity contribution in [1.82, 2.24) is 19.7 Å². The van der Waals surface area contributed by atoms with Gasteiger partial charge in [0.2, 0.25) is 5.88 Å². The number of anilines is 1. The lowest BCUT2D eigenvalue weighted by Gasteiger charge is -2.17. The van der Waals surface area contributed by atoms with E-state index in [4.69, 9.17) is 9.26 Å². The van der Waals surface area contributed by atoms with Crippen molar-refractivity contribution in [2.75, 3.05) is 5.32 Å². The van der Waals surface area contributed by atoms with Crippen LogP contribution in [-0.2, 0) is 16.1 Å². The molecule has 1 aromatic carbocycles. The van der Waals surface area contributed by atoms with Gasteiger partial charge in [-0.15, -0.1) is 0 Å². The van der Waals surface area contributed by atoms with E-state index in [0.29, 0.717) is 17.1 Å². The molecule has 3 aromatic heterocycles. The highest BCUT2D eigenvalue weighted by molar-refractivity contribution is 5.94. The minimum atomic E-state index is -4.17. The number of alkyl halides is 2. The van der Waals surface area contributed by atoms with Crippen molar-refractivity contribution in [1.29, 1.82) is 0 Å². The Morgan fingerprint density at radius 3 is 2.68 bits per heavy atom. The number of nitrogens with zero attached hydrogens (tertiary/aromatic N) is 4. The molecule has 4 aromatic rings. The number of halogens is 2. The van der Waals surface area contributed by atoms with Gasteiger partial charge in [-0.25, -0.2) is 9.55 Å². The molecule has 0 aliphatic heterocycles. The minimum absolute atomic E-state index is 0. The number of imidazole rings is 1. The van der Waals surface area contributed by atoms with Crippen molar-refractivity contribution in [3.63, 3.8) is 0 Å². The second-order valence-electron chi connectivity index (χ2n) is 7.80. The lowest BCUT2D eigenvalue weighted by molar-refractivity contribution is -0.207. The van der Waals surface area contributed by atoms with Crippen molar-refractivity contribution in [2.24, 2.45) is 0 Å². The van der Waals surface area contributed by atoms with Crippen LogP contribution in [0.2, 0.25) is 0 Å². The van der Waals surface area contributed by atoms with Crippen LogP contribution in [0.1, 0.15) is 18.4 Å². The fourth-order valence-corrected chi connectivity index (χ4v) is 3.32. The molecule has 0 spiro atoms. The fraction of sp³-hybridized carbons (Fsp3) is 0.154. The van der Waals surface area contributed by atoms with E-state index in [1.165, 1.54) is 12.1 Å². The van der Waals surface area contributed by atoms with Gasteiger partial charge in [-0.2, -0.15) is 13.8 Å². The van der Waals surface area contributed by atoms with Crippen molar-refractivity contribution >= 4 is 22.8 Å². The number of amides is 1. The molecular formula is C26H25F2N5O4. The van der Waals surface area contributed by atoms with E-state index < -0.39 is 12.0 Å². The number of allylic oxidation sites excluding steroid dienone is 3. The number of ether oxygens (including phenoxy) is 2. The van der Waals surface area contributed by atoms with Crippen LogP contribution in [0.4, 0.5) is 14.6 Å². The predicted molar refractivity (Wildman–Crippen MR) is 134 cm³/mol. The molecule has 0 saturated carbocycles.